The molecule has 3 aliphatic rings. The molecule has 1 N–H and O–H groups in total. The Morgan fingerprint density at radius 1 is 1.26 bits per heavy atom. The van der Waals surface area contributed by atoms with Crippen LogP contribution in [0.2, 0.25) is 0 Å². The van der Waals surface area contributed by atoms with Crippen LogP contribution in [0.5, 0.6) is 0 Å². The van der Waals surface area contributed by atoms with Gasteiger partial charge in [-0.2, -0.15) is 0 Å². The lowest BCUT2D eigenvalue weighted by atomic mass is 9.66. The van der Waals surface area contributed by atoms with Crippen LogP contribution in [0.15, 0.2) is 55.6 Å². The highest BCUT2D eigenvalue weighted by Gasteiger charge is 2.78. The Morgan fingerprint density at radius 2 is 2.00 bits per heavy atom. The van der Waals surface area contributed by atoms with Gasteiger partial charge in [0.2, 0.25) is 11.8 Å². The Kier molecular flexibility index (Phi) is 8.72. The van der Waals surface area contributed by atoms with E-state index in [1.165, 1.54) is 0 Å². The monoisotopic (exact) mass is 540 g/mol. The van der Waals surface area contributed by atoms with Crippen molar-refractivity contribution >= 4 is 29.5 Å². The molecule has 7 nitrogen and oxygen atoms in total. The summed E-state index contributed by atoms with van der Waals surface area (Å²) in [5.74, 6) is -2.02. The first-order valence-electron chi connectivity index (χ1n) is 13.6. The number of ether oxygens (including phenoxy) is 1. The maximum Gasteiger partial charge on any atom is 0.311 e. The molecular formula is C30H40N2O5S. The number of unbranched alkanes of at least 4 members (excludes halogenated alkanes) is 1. The summed E-state index contributed by atoms with van der Waals surface area (Å²) < 4.78 is 4.45. The third-order valence-corrected chi connectivity index (χ3v) is 10.4. The van der Waals surface area contributed by atoms with Gasteiger partial charge in [-0.15, -0.1) is 24.9 Å². The molecule has 3 aliphatic heterocycles. The molecule has 38 heavy (non-hydrogen) atoms. The highest BCUT2D eigenvalue weighted by molar-refractivity contribution is 8.02. The number of benzene rings is 1. The normalized spacial score (nSPS) is 30.1. The predicted octanol–water partition coefficient (Wildman–Crippen LogP) is 3.96. The predicted molar refractivity (Wildman–Crippen MR) is 149 cm³/mol. The van der Waals surface area contributed by atoms with E-state index in [0.29, 0.717) is 32.4 Å². The Balaban J connectivity index is 1.72. The van der Waals surface area contributed by atoms with Crippen molar-refractivity contribution in [2.24, 2.45) is 11.8 Å². The van der Waals surface area contributed by atoms with Crippen molar-refractivity contribution in [3.63, 3.8) is 0 Å². The molecule has 0 saturated carbocycles. The Morgan fingerprint density at radius 3 is 2.63 bits per heavy atom. The number of esters is 1. The number of aliphatic hydroxyl groups is 1. The van der Waals surface area contributed by atoms with Crippen molar-refractivity contribution in [1.82, 2.24) is 9.80 Å². The summed E-state index contributed by atoms with van der Waals surface area (Å²) in [6.07, 6.45) is 6.81. The number of nitrogens with zero attached hydrogens (tertiary/aromatic N) is 2. The quantitative estimate of drug-likeness (QED) is 0.232. The smallest absolute Gasteiger partial charge is 0.311 e. The van der Waals surface area contributed by atoms with Gasteiger partial charge in [0.1, 0.15) is 6.04 Å². The summed E-state index contributed by atoms with van der Waals surface area (Å²) >= 11 is 1.62. The van der Waals surface area contributed by atoms with Crippen LogP contribution in [0, 0.1) is 11.8 Å². The summed E-state index contributed by atoms with van der Waals surface area (Å²) in [5, 5.41) is 10.3. The Hall–Kier alpha value is -2.58. The van der Waals surface area contributed by atoms with Gasteiger partial charge in [-0.1, -0.05) is 49.4 Å². The van der Waals surface area contributed by atoms with E-state index < -0.39 is 33.4 Å². The lowest BCUT2D eigenvalue weighted by molar-refractivity contribution is -0.156. The number of hydrogen-bond donors (Lipinski definition) is 1. The van der Waals surface area contributed by atoms with E-state index in [1.807, 2.05) is 44.2 Å². The molecule has 3 fully saturated rings. The molecule has 1 spiro atoms. The molecule has 6 atom stereocenters. The minimum Gasteiger partial charge on any atom is -0.465 e. The average molecular weight is 541 g/mol. The summed E-state index contributed by atoms with van der Waals surface area (Å²) in [4.78, 5) is 45.5. The molecule has 3 saturated heterocycles. The van der Waals surface area contributed by atoms with Crippen molar-refractivity contribution in [3.8, 4) is 0 Å². The summed E-state index contributed by atoms with van der Waals surface area (Å²) in [5.41, 5.74) is 0.984. The van der Waals surface area contributed by atoms with Crippen LogP contribution in [0.25, 0.3) is 0 Å². The topological polar surface area (TPSA) is 87.1 Å². The number of rotatable bonds is 13. The lowest BCUT2D eigenvalue weighted by Crippen LogP contribution is -2.57. The summed E-state index contributed by atoms with van der Waals surface area (Å²) in [6.45, 7) is 12.3. The number of amides is 2. The molecule has 8 heteroatoms. The van der Waals surface area contributed by atoms with Crippen LogP contribution in [0.3, 0.4) is 0 Å². The minimum absolute atomic E-state index is 0.159. The number of hydrogen-bond acceptors (Lipinski definition) is 6. The zero-order valence-corrected chi connectivity index (χ0v) is 23.3. The first kappa shape index (κ1) is 28.4. The van der Waals surface area contributed by atoms with E-state index in [0.717, 1.165) is 18.4 Å². The molecule has 1 aromatic carbocycles. The highest BCUT2D eigenvalue weighted by atomic mass is 32.2. The molecule has 2 bridgehead atoms. The van der Waals surface area contributed by atoms with Gasteiger partial charge in [0.05, 0.1) is 35.8 Å². The van der Waals surface area contributed by atoms with Crippen molar-refractivity contribution < 1.29 is 24.2 Å². The number of fused-ring (bicyclic) bond motifs is 1. The minimum atomic E-state index is -0.772. The van der Waals surface area contributed by atoms with Gasteiger partial charge in [0.15, 0.2) is 0 Å². The van der Waals surface area contributed by atoms with E-state index in [9.17, 15) is 19.5 Å². The number of aliphatic hydroxyl groups excluding tert-OH is 1. The Bertz CT molecular complexity index is 1060. The first-order chi connectivity index (χ1) is 18.3. The maximum atomic E-state index is 14.4. The number of carbonyl (C=O) groups excluding carboxylic acids is 3. The molecule has 2 unspecified atom stereocenters. The molecule has 0 radical (unpaired) electrons. The molecule has 206 valence electrons. The van der Waals surface area contributed by atoms with Crippen molar-refractivity contribution in [1.29, 1.82) is 0 Å². The lowest BCUT2D eigenvalue weighted by Gasteiger charge is -2.39. The number of carbonyl (C=O) groups is 3. The number of thioether (sulfide) groups is 1. The SMILES string of the molecule is C=CCCCOC(=O)[C@H]1[C@H]2C(=O)N([C@@H](CC)CO)C(C(=O)N(CC=C)Cc3ccccc3)C23CC[C@]1(C)S3. The second kappa shape index (κ2) is 11.7. The van der Waals surface area contributed by atoms with Crippen molar-refractivity contribution in [3.05, 3.63) is 61.2 Å². The summed E-state index contributed by atoms with van der Waals surface area (Å²) in [6, 6.07) is 8.47. The second-order valence-corrected chi connectivity index (χ2v) is 12.7. The molecule has 1 aromatic rings. The van der Waals surface area contributed by atoms with E-state index >= 15 is 0 Å². The van der Waals surface area contributed by atoms with Crippen LogP contribution in [0.1, 0.15) is 51.5 Å². The maximum absolute atomic E-state index is 14.4. The Labute approximate surface area is 230 Å². The van der Waals surface area contributed by atoms with Gasteiger partial charge in [0.25, 0.3) is 0 Å². The average Bonchev–Trinajstić information content (AvgIpc) is 3.48. The van der Waals surface area contributed by atoms with E-state index in [2.05, 4.69) is 13.2 Å². The van der Waals surface area contributed by atoms with Gasteiger partial charge in [0, 0.05) is 17.8 Å². The van der Waals surface area contributed by atoms with Gasteiger partial charge in [-0.05, 0) is 44.6 Å². The molecule has 2 amide bonds. The van der Waals surface area contributed by atoms with Gasteiger partial charge in [-0.25, -0.2) is 0 Å². The second-order valence-electron chi connectivity index (χ2n) is 10.8. The van der Waals surface area contributed by atoms with Crippen molar-refractivity contribution in [2.75, 3.05) is 19.8 Å². The van der Waals surface area contributed by atoms with Crippen LogP contribution >= 0.6 is 11.8 Å². The number of allylic oxidation sites excluding steroid dienone is 1. The van der Waals surface area contributed by atoms with Gasteiger partial charge < -0.3 is 19.6 Å². The fourth-order valence-corrected chi connectivity index (χ4v) is 8.99. The van der Waals surface area contributed by atoms with E-state index in [1.54, 1.807) is 33.7 Å². The third-order valence-electron chi connectivity index (χ3n) is 8.45. The van der Waals surface area contributed by atoms with Crippen LogP contribution in [0.4, 0.5) is 0 Å². The molecule has 4 rings (SSSR count). The van der Waals surface area contributed by atoms with Crippen LogP contribution < -0.4 is 0 Å². The van der Waals surface area contributed by atoms with Crippen LogP contribution in [-0.4, -0.2) is 74.0 Å². The zero-order chi connectivity index (χ0) is 27.5. The third kappa shape index (κ3) is 4.81. The first-order valence-corrected chi connectivity index (χ1v) is 14.4. The molecule has 3 heterocycles. The molecule has 0 aromatic heterocycles. The fraction of sp³-hybridized carbons (Fsp3) is 0.567. The van der Waals surface area contributed by atoms with Gasteiger partial charge >= 0.3 is 5.97 Å². The molecular weight excluding hydrogens is 500 g/mol. The molecule has 0 aliphatic carbocycles. The van der Waals surface area contributed by atoms with Gasteiger partial charge in [-0.3, -0.25) is 14.4 Å². The highest BCUT2D eigenvalue weighted by Crippen LogP contribution is 2.71. The number of likely N-dealkylation sites (tertiary alicyclic amines) is 1. The summed E-state index contributed by atoms with van der Waals surface area (Å²) in [7, 11) is 0. The van der Waals surface area contributed by atoms with E-state index in [-0.39, 0.29) is 31.0 Å². The van der Waals surface area contributed by atoms with Crippen LogP contribution in [-0.2, 0) is 25.7 Å². The zero-order valence-electron chi connectivity index (χ0n) is 22.5. The van der Waals surface area contributed by atoms with Crippen molar-refractivity contribution in [2.45, 2.75) is 74.1 Å². The fourth-order valence-electron chi connectivity index (χ4n) is 6.66. The largest absolute Gasteiger partial charge is 0.465 e. The standard InChI is InChI=1S/C30H40N2O5S/c1-5-8-12-18-37-28(36)24-23-26(34)32(22(7-3)20-33)25(30(23)16-15-29(24,4)38-30)27(35)31(17-6-2)19-21-13-10-9-11-14-21/h5-6,9-11,13-14,22-25,33H,1-2,7-8,12,15-20H2,3-4H3/t22-,23-,24+,25?,29-,30?/m0/s1. The van der Waals surface area contributed by atoms with E-state index in [4.69, 9.17) is 4.74 Å².